The highest BCUT2D eigenvalue weighted by Gasteiger charge is 2.37. The molecule has 0 amide bonds. The summed E-state index contributed by atoms with van der Waals surface area (Å²) in [6.45, 7) is 4.03. The quantitative estimate of drug-likeness (QED) is 0.724. The lowest BCUT2D eigenvalue weighted by Crippen LogP contribution is -2.47. The number of rotatable bonds is 1. The lowest BCUT2D eigenvalue weighted by Gasteiger charge is -2.39. The molecule has 0 fully saturated rings. The Bertz CT molecular complexity index is 446. The first-order valence-corrected chi connectivity index (χ1v) is 5.31. The van der Waals surface area contributed by atoms with Gasteiger partial charge in [-0.25, -0.2) is 0 Å². The number of nitrogens with zero attached hydrogens (tertiary/aromatic N) is 1. The highest BCUT2D eigenvalue weighted by Crippen LogP contribution is 2.34. The smallest absolute Gasteiger partial charge is 0.130 e. The number of benzene rings is 1. The number of nitriles is 1. The van der Waals surface area contributed by atoms with Gasteiger partial charge in [0.15, 0.2) is 0 Å². The minimum atomic E-state index is -0.324. The van der Waals surface area contributed by atoms with Crippen molar-refractivity contribution in [1.82, 2.24) is 0 Å². The van der Waals surface area contributed by atoms with Crippen LogP contribution < -0.4 is 4.74 Å². The number of hydrogen-bond acceptors (Lipinski definition) is 3. The lowest BCUT2D eigenvalue weighted by atomic mass is 9.90. The zero-order valence-electron chi connectivity index (χ0n) is 9.78. The monoisotopic (exact) mass is 217 g/mol. The van der Waals surface area contributed by atoms with Crippen molar-refractivity contribution in [3.8, 4) is 11.8 Å². The third-order valence-corrected chi connectivity index (χ3v) is 3.03. The maximum Gasteiger partial charge on any atom is 0.130 e. The number of ether oxygens (including phenoxy) is 2. The van der Waals surface area contributed by atoms with E-state index in [1.54, 1.807) is 13.2 Å². The van der Waals surface area contributed by atoms with E-state index >= 15 is 0 Å². The van der Waals surface area contributed by atoms with Gasteiger partial charge in [0.25, 0.3) is 0 Å². The summed E-state index contributed by atoms with van der Waals surface area (Å²) in [6.07, 6.45) is 0.808. The summed E-state index contributed by atoms with van der Waals surface area (Å²) in [5.74, 6) is 0.859. The molecule has 0 N–H and O–H groups in total. The van der Waals surface area contributed by atoms with Crippen LogP contribution in [0.2, 0.25) is 0 Å². The van der Waals surface area contributed by atoms with Gasteiger partial charge in [-0.3, -0.25) is 0 Å². The highest BCUT2D eigenvalue weighted by molar-refractivity contribution is 5.44. The maximum atomic E-state index is 8.84. The molecule has 0 aliphatic carbocycles. The molecule has 1 heterocycles. The predicted octanol–water partition coefficient (Wildman–Crippen LogP) is 2.29. The molecule has 3 heteroatoms. The Morgan fingerprint density at radius 1 is 1.50 bits per heavy atom. The van der Waals surface area contributed by atoms with Gasteiger partial charge in [-0.15, -0.1) is 0 Å². The van der Waals surface area contributed by atoms with Gasteiger partial charge in [0.05, 0.1) is 11.6 Å². The topological polar surface area (TPSA) is 42.2 Å². The summed E-state index contributed by atoms with van der Waals surface area (Å²) in [5, 5.41) is 8.84. The second kappa shape index (κ2) is 3.80. The van der Waals surface area contributed by atoms with Crippen LogP contribution in [0.5, 0.6) is 5.75 Å². The lowest BCUT2D eigenvalue weighted by molar-refractivity contribution is -0.0642. The van der Waals surface area contributed by atoms with Crippen LogP contribution in [0.1, 0.15) is 25.0 Å². The van der Waals surface area contributed by atoms with Crippen molar-refractivity contribution in [2.45, 2.75) is 32.0 Å². The molecule has 3 nitrogen and oxygen atoms in total. The van der Waals surface area contributed by atoms with E-state index in [2.05, 4.69) is 6.07 Å². The van der Waals surface area contributed by atoms with Gasteiger partial charge >= 0.3 is 0 Å². The average molecular weight is 217 g/mol. The summed E-state index contributed by atoms with van der Waals surface area (Å²) in [4.78, 5) is 0. The molecule has 0 bridgehead atoms. The Hall–Kier alpha value is -1.53. The molecular formula is C13H15NO2. The summed E-state index contributed by atoms with van der Waals surface area (Å²) < 4.78 is 11.3. The number of methoxy groups -OCH3 is 1. The molecule has 1 aliphatic heterocycles. The summed E-state index contributed by atoms with van der Waals surface area (Å²) in [7, 11) is 1.69. The highest BCUT2D eigenvalue weighted by atomic mass is 16.5. The van der Waals surface area contributed by atoms with E-state index in [9.17, 15) is 0 Å². The number of fused-ring (bicyclic) bond motifs is 1. The van der Waals surface area contributed by atoms with Gasteiger partial charge in [0.2, 0.25) is 0 Å². The van der Waals surface area contributed by atoms with Gasteiger partial charge in [0, 0.05) is 13.5 Å². The normalized spacial score (nSPS) is 21.8. The van der Waals surface area contributed by atoms with Gasteiger partial charge in [-0.05, 0) is 37.6 Å². The van der Waals surface area contributed by atoms with Crippen LogP contribution in [0.4, 0.5) is 0 Å². The van der Waals surface area contributed by atoms with Crippen molar-refractivity contribution >= 4 is 0 Å². The fraction of sp³-hybridized carbons (Fsp3) is 0.462. The first kappa shape index (κ1) is 11.0. The molecule has 84 valence electrons. The van der Waals surface area contributed by atoms with Gasteiger partial charge in [-0.2, -0.15) is 5.26 Å². The van der Waals surface area contributed by atoms with Crippen molar-refractivity contribution in [3.05, 3.63) is 29.3 Å². The van der Waals surface area contributed by atoms with Crippen LogP contribution in [0.15, 0.2) is 18.2 Å². The van der Waals surface area contributed by atoms with E-state index in [4.69, 9.17) is 14.7 Å². The molecule has 0 spiro atoms. The standard InChI is InChI=1S/C13H15NO2/c1-13(2)12(15-3)7-10-6-9(8-14)4-5-11(10)16-13/h4-6,12H,7H2,1-3H3. The molecule has 1 aromatic rings. The molecule has 16 heavy (non-hydrogen) atoms. The van der Waals surface area contributed by atoms with Crippen molar-refractivity contribution in [1.29, 1.82) is 5.26 Å². The minimum Gasteiger partial charge on any atom is -0.485 e. The fourth-order valence-electron chi connectivity index (χ4n) is 2.07. The predicted molar refractivity (Wildman–Crippen MR) is 60.4 cm³/mol. The fourth-order valence-corrected chi connectivity index (χ4v) is 2.07. The molecule has 1 atom stereocenters. The van der Waals surface area contributed by atoms with E-state index in [-0.39, 0.29) is 11.7 Å². The van der Waals surface area contributed by atoms with Crippen molar-refractivity contribution in [3.63, 3.8) is 0 Å². The van der Waals surface area contributed by atoms with Crippen LogP contribution in [-0.4, -0.2) is 18.8 Å². The minimum absolute atomic E-state index is 0.0222. The SMILES string of the molecule is COC1Cc2cc(C#N)ccc2OC1(C)C. The second-order valence-electron chi connectivity index (χ2n) is 4.57. The second-order valence-corrected chi connectivity index (χ2v) is 4.57. The molecule has 0 radical (unpaired) electrons. The zero-order chi connectivity index (χ0) is 11.8. The Kier molecular flexibility index (Phi) is 2.61. The van der Waals surface area contributed by atoms with Gasteiger partial charge < -0.3 is 9.47 Å². The Morgan fingerprint density at radius 2 is 2.25 bits per heavy atom. The molecule has 0 saturated carbocycles. The van der Waals surface area contributed by atoms with E-state index in [0.29, 0.717) is 5.56 Å². The third kappa shape index (κ3) is 1.77. The molecule has 2 rings (SSSR count). The van der Waals surface area contributed by atoms with E-state index in [1.165, 1.54) is 0 Å². The van der Waals surface area contributed by atoms with Crippen LogP contribution in [0.3, 0.4) is 0 Å². The number of hydrogen-bond donors (Lipinski definition) is 0. The average Bonchev–Trinajstić information content (AvgIpc) is 2.26. The van der Waals surface area contributed by atoms with Crippen molar-refractivity contribution < 1.29 is 9.47 Å². The Labute approximate surface area is 95.6 Å². The summed E-state index contributed by atoms with van der Waals surface area (Å²) in [5.41, 5.74) is 1.39. The van der Waals surface area contributed by atoms with Crippen LogP contribution >= 0.6 is 0 Å². The summed E-state index contributed by atoms with van der Waals surface area (Å²) >= 11 is 0. The Balaban J connectivity index is 2.40. The van der Waals surface area contributed by atoms with E-state index < -0.39 is 0 Å². The van der Waals surface area contributed by atoms with Gasteiger partial charge in [-0.1, -0.05) is 0 Å². The molecule has 0 saturated heterocycles. The van der Waals surface area contributed by atoms with E-state index in [1.807, 2.05) is 26.0 Å². The van der Waals surface area contributed by atoms with E-state index in [0.717, 1.165) is 17.7 Å². The van der Waals surface area contributed by atoms with Crippen LogP contribution in [0, 0.1) is 11.3 Å². The van der Waals surface area contributed by atoms with Crippen molar-refractivity contribution in [2.24, 2.45) is 0 Å². The zero-order valence-corrected chi connectivity index (χ0v) is 9.78. The molecule has 1 unspecified atom stereocenters. The third-order valence-electron chi connectivity index (χ3n) is 3.03. The van der Waals surface area contributed by atoms with Gasteiger partial charge in [0.1, 0.15) is 17.5 Å². The van der Waals surface area contributed by atoms with Crippen molar-refractivity contribution in [2.75, 3.05) is 7.11 Å². The largest absolute Gasteiger partial charge is 0.485 e. The molecule has 1 aromatic carbocycles. The molecule has 1 aliphatic rings. The van der Waals surface area contributed by atoms with Crippen LogP contribution in [0.25, 0.3) is 0 Å². The first-order valence-electron chi connectivity index (χ1n) is 5.31. The van der Waals surface area contributed by atoms with Crippen LogP contribution in [-0.2, 0) is 11.2 Å². The Morgan fingerprint density at radius 3 is 2.88 bits per heavy atom. The molecule has 0 aromatic heterocycles. The summed E-state index contributed by atoms with van der Waals surface area (Å²) in [6, 6.07) is 7.65. The first-order chi connectivity index (χ1) is 7.56. The maximum absolute atomic E-state index is 8.84. The molecular weight excluding hydrogens is 202 g/mol.